The molecule has 0 radical (unpaired) electrons. The number of hydrogen-bond acceptors (Lipinski definition) is 11. The third-order valence-corrected chi connectivity index (χ3v) is 11.5. The SMILES string of the molecule is Cn1c2ccncc2c2ccc(-c3ccc(O[C@H]4C[C@H](OCCOCCCOCC5CN(c6ccc7c(c6)C(=O)N(C6CCC(=O)NC6=O)C7=O)C5)C4)nc3)cc21. The van der Waals surface area contributed by atoms with Crippen molar-refractivity contribution in [1.82, 2.24) is 24.8 Å². The lowest BCUT2D eigenvalue weighted by molar-refractivity contribution is -0.136. The Hall–Kier alpha value is -5.70. The highest BCUT2D eigenvalue weighted by atomic mass is 16.5. The van der Waals surface area contributed by atoms with Gasteiger partial charge in [0.1, 0.15) is 12.1 Å². The van der Waals surface area contributed by atoms with Crippen LogP contribution in [-0.4, -0.2) is 107 Å². The fourth-order valence-corrected chi connectivity index (χ4v) is 8.21. The van der Waals surface area contributed by atoms with Crippen molar-refractivity contribution in [3.8, 4) is 17.0 Å². The topological polar surface area (TPSA) is 154 Å². The van der Waals surface area contributed by atoms with Crippen LogP contribution in [0.1, 0.15) is 52.8 Å². The number of anilines is 1. The monoisotopic (exact) mass is 772 g/mol. The Kier molecular flexibility index (Phi) is 10.2. The predicted octanol–water partition coefficient (Wildman–Crippen LogP) is 4.68. The van der Waals surface area contributed by atoms with Gasteiger partial charge in [-0.25, -0.2) is 4.98 Å². The number of benzene rings is 2. The van der Waals surface area contributed by atoms with Gasteiger partial charge in [-0.3, -0.25) is 34.4 Å². The van der Waals surface area contributed by atoms with Crippen molar-refractivity contribution in [1.29, 1.82) is 0 Å². The van der Waals surface area contributed by atoms with Gasteiger partial charge in [0.2, 0.25) is 17.7 Å². The molecule has 4 amide bonds. The molecule has 3 aromatic heterocycles. The highest BCUT2D eigenvalue weighted by molar-refractivity contribution is 6.23. The van der Waals surface area contributed by atoms with Crippen LogP contribution in [0.4, 0.5) is 5.69 Å². The van der Waals surface area contributed by atoms with E-state index in [9.17, 15) is 19.2 Å². The average molecular weight is 773 g/mol. The second kappa shape index (κ2) is 15.7. The number of fused-ring (bicyclic) bond motifs is 4. The summed E-state index contributed by atoms with van der Waals surface area (Å²) in [7, 11) is 2.08. The number of hydrogen-bond donors (Lipinski definition) is 1. The molecule has 57 heavy (non-hydrogen) atoms. The molecular weight excluding hydrogens is 729 g/mol. The number of amides is 4. The third kappa shape index (κ3) is 7.36. The zero-order valence-corrected chi connectivity index (χ0v) is 31.7. The number of aromatic nitrogens is 3. The first-order chi connectivity index (χ1) is 27.8. The quantitative estimate of drug-likeness (QED) is 0.117. The van der Waals surface area contributed by atoms with Crippen LogP contribution in [0.5, 0.6) is 5.88 Å². The fourth-order valence-electron chi connectivity index (χ4n) is 8.21. The molecule has 1 N–H and O–H groups in total. The van der Waals surface area contributed by atoms with Gasteiger partial charge in [0.05, 0.1) is 42.6 Å². The summed E-state index contributed by atoms with van der Waals surface area (Å²) < 4.78 is 25.9. The maximum absolute atomic E-state index is 13.1. The number of piperidine rings is 1. The zero-order valence-electron chi connectivity index (χ0n) is 31.7. The molecule has 2 saturated heterocycles. The summed E-state index contributed by atoms with van der Waals surface area (Å²) >= 11 is 0. The molecule has 1 unspecified atom stereocenters. The number of pyridine rings is 2. The zero-order chi connectivity index (χ0) is 39.0. The minimum atomic E-state index is -0.970. The Morgan fingerprint density at radius 2 is 1.61 bits per heavy atom. The van der Waals surface area contributed by atoms with Gasteiger partial charge in [-0.15, -0.1) is 0 Å². The highest BCUT2D eigenvalue weighted by Gasteiger charge is 2.45. The van der Waals surface area contributed by atoms with Crippen molar-refractivity contribution >= 4 is 51.1 Å². The van der Waals surface area contributed by atoms with Crippen LogP contribution < -0.4 is 15.0 Å². The van der Waals surface area contributed by atoms with E-state index in [1.54, 1.807) is 12.1 Å². The van der Waals surface area contributed by atoms with E-state index in [-0.39, 0.29) is 30.6 Å². The van der Waals surface area contributed by atoms with E-state index < -0.39 is 29.7 Å². The van der Waals surface area contributed by atoms with E-state index in [4.69, 9.17) is 18.9 Å². The van der Waals surface area contributed by atoms with E-state index in [0.29, 0.717) is 50.4 Å². The molecule has 294 valence electrons. The molecule has 0 bridgehead atoms. The molecule has 1 aliphatic carbocycles. The number of aryl methyl sites for hydroxylation is 1. The molecule has 14 nitrogen and oxygen atoms in total. The molecule has 1 saturated carbocycles. The number of carbonyl (C=O) groups excluding carboxylic acids is 4. The lowest BCUT2D eigenvalue weighted by Crippen LogP contribution is -2.54. The minimum absolute atomic E-state index is 0.0919. The predicted molar refractivity (Wildman–Crippen MR) is 210 cm³/mol. The van der Waals surface area contributed by atoms with Crippen LogP contribution in [0.2, 0.25) is 0 Å². The van der Waals surface area contributed by atoms with Crippen molar-refractivity contribution in [3.63, 3.8) is 0 Å². The van der Waals surface area contributed by atoms with Crippen molar-refractivity contribution in [2.24, 2.45) is 13.0 Å². The van der Waals surface area contributed by atoms with Crippen LogP contribution in [0.3, 0.4) is 0 Å². The first kappa shape index (κ1) is 36.9. The van der Waals surface area contributed by atoms with Gasteiger partial charge in [0, 0.05) is 111 Å². The summed E-state index contributed by atoms with van der Waals surface area (Å²) in [6.45, 7) is 4.48. The fraction of sp³-hybridized carbons (Fsp3) is 0.395. The molecule has 3 fully saturated rings. The number of imide groups is 2. The van der Waals surface area contributed by atoms with Crippen molar-refractivity contribution < 1.29 is 38.1 Å². The van der Waals surface area contributed by atoms with E-state index in [2.05, 4.69) is 56.1 Å². The Morgan fingerprint density at radius 3 is 2.44 bits per heavy atom. The summed E-state index contributed by atoms with van der Waals surface area (Å²) in [5.41, 5.74) is 5.89. The van der Waals surface area contributed by atoms with Gasteiger partial charge >= 0.3 is 0 Å². The van der Waals surface area contributed by atoms with Crippen molar-refractivity contribution in [2.45, 2.75) is 50.4 Å². The van der Waals surface area contributed by atoms with Crippen LogP contribution in [0.15, 0.2) is 73.2 Å². The van der Waals surface area contributed by atoms with E-state index in [1.165, 1.54) is 5.39 Å². The first-order valence-corrected chi connectivity index (χ1v) is 19.6. The molecule has 3 aliphatic heterocycles. The number of ether oxygens (including phenoxy) is 4. The number of carbonyl (C=O) groups is 4. The molecule has 2 aromatic carbocycles. The van der Waals surface area contributed by atoms with Crippen LogP contribution in [0.25, 0.3) is 32.9 Å². The van der Waals surface area contributed by atoms with E-state index in [0.717, 1.165) is 70.5 Å². The molecule has 1 atom stereocenters. The summed E-state index contributed by atoms with van der Waals surface area (Å²) in [6.07, 6.45) is 8.55. The Labute approximate surface area is 329 Å². The molecule has 14 heteroatoms. The first-order valence-electron chi connectivity index (χ1n) is 19.6. The van der Waals surface area contributed by atoms with Gasteiger partial charge in [0.25, 0.3) is 11.8 Å². The maximum Gasteiger partial charge on any atom is 0.262 e. The standard InChI is InChI=1S/C43H44N6O8/c1-47-36-11-12-44-22-35(36)32-6-3-27(17-38(32)47)28-4-10-40(45-21-28)57-31-19-30(20-31)56-16-15-54-13-2-14-55-25-26-23-48(24-26)29-5-7-33-34(18-29)43(53)49(42(33)52)37-8-9-39(50)46-41(37)51/h3-7,10-12,17-18,21-22,26,30-31,37H,2,8-9,13-16,19-20,23-25H2,1H3,(H,46,50,51)/t30-,31-,37?. The molecule has 6 heterocycles. The van der Waals surface area contributed by atoms with Gasteiger partial charge in [-0.05, 0) is 54.8 Å². The summed E-state index contributed by atoms with van der Waals surface area (Å²) in [6, 6.07) is 16.7. The lowest BCUT2D eigenvalue weighted by Gasteiger charge is -2.41. The second-order valence-corrected chi connectivity index (χ2v) is 15.3. The minimum Gasteiger partial charge on any atom is -0.474 e. The second-order valence-electron chi connectivity index (χ2n) is 15.3. The lowest BCUT2D eigenvalue weighted by atomic mass is 9.92. The van der Waals surface area contributed by atoms with Crippen LogP contribution >= 0.6 is 0 Å². The van der Waals surface area contributed by atoms with E-state index >= 15 is 0 Å². The Bertz CT molecular complexity index is 2350. The summed E-state index contributed by atoms with van der Waals surface area (Å²) in [5.74, 6) is -1.01. The third-order valence-electron chi connectivity index (χ3n) is 11.5. The van der Waals surface area contributed by atoms with Crippen molar-refractivity contribution in [2.75, 3.05) is 51.0 Å². The smallest absolute Gasteiger partial charge is 0.262 e. The number of nitrogens with zero attached hydrogens (tertiary/aromatic N) is 5. The molecule has 4 aliphatic rings. The molecular formula is C43H44N6O8. The Morgan fingerprint density at radius 1 is 0.789 bits per heavy atom. The normalized spacial score (nSPS) is 20.9. The summed E-state index contributed by atoms with van der Waals surface area (Å²) in [5, 5.41) is 4.56. The van der Waals surface area contributed by atoms with E-state index in [1.807, 2.05) is 36.8 Å². The largest absolute Gasteiger partial charge is 0.474 e. The van der Waals surface area contributed by atoms with Gasteiger partial charge < -0.3 is 28.4 Å². The van der Waals surface area contributed by atoms with Crippen LogP contribution in [-0.2, 0) is 30.8 Å². The number of rotatable bonds is 15. The molecule has 0 spiro atoms. The van der Waals surface area contributed by atoms with Gasteiger partial charge in [-0.1, -0.05) is 12.1 Å². The van der Waals surface area contributed by atoms with Gasteiger partial charge in [0.15, 0.2) is 0 Å². The maximum atomic E-state index is 13.1. The van der Waals surface area contributed by atoms with Crippen LogP contribution in [0, 0.1) is 5.92 Å². The van der Waals surface area contributed by atoms with Crippen molar-refractivity contribution in [3.05, 3.63) is 84.3 Å². The molecule has 5 aromatic rings. The average Bonchev–Trinajstić information content (AvgIpc) is 3.61. The highest BCUT2D eigenvalue weighted by Crippen LogP contribution is 2.34. The Balaban J connectivity index is 0.618. The molecule has 9 rings (SSSR count). The number of nitrogens with one attached hydrogen (secondary N) is 1. The van der Waals surface area contributed by atoms with Gasteiger partial charge in [-0.2, -0.15) is 0 Å². The summed E-state index contributed by atoms with van der Waals surface area (Å²) in [4.78, 5) is 62.0.